The van der Waals surface area contributed by atoms with Crippen molar-refractivity contribution < 1.29 is 4.74 Å². The molecule has 1 N–H and O–H groups in total. The molecule has 1 aromatic rings. The standard InChI is InChI=1S/C10H14ClN3O/c11-10-9(13-3-4-14-10)7-15-6-8-1-2-12-5-8/h3-4,8,12H,1-2,5-7H2/t8-/m0/s1. The van der Waals surface area contributed by atoms with E-state index in [1.807, 2.05) is 0 Å². The molecule has 82 valence electrons. The zero-order valence-electron chi connectivity index (χ0n) is 8.45. The minimum absolute atomic E-state index is 0.432. The molecule has 4 nitrogen and oxygen atoms in total. The van der Waals surface area contributed by atoms with E-state index in [1.165, 1.54) is 6.42 Å². The Kier molecular flexibility index (Phi) is 3.88. The Morgan fingerprint density at radius 2 is 2.33 bits per heavy atom. The highest BCUT2D eigenvalue weighted by molar-refractivity contribution is 6.29. The van der Waals surface area contributed by atoms with Gasteiger partial charge in [-0.2, -0.15) is 0 Å². The van der Waals surface area contributed by atoms with Gasteiger partial charge in [-0.25, -0.2) is 4.98 Å². The van der Waals surface area contributed by atoms with Crippen molar-refractivity contribution in [2.45, 2.75) is 13.0 Å². The van der Waals surface area contributed by atoms with E-state index in [-0.39, 0.29) is 0 Å². The predicted octanol–water partition coefficient (Wildman–Crippen LogP) is 1.26. The molecule has 1 aromatic heterocycles. The summed E-state index contributed by atoms with van der Waals surface area (Å²) in [7, 11) is 0. The molecule has 2 rings (SSSR count). The molecule has 1 aliphatic rings. The molecule has 1 saturated heterocycles. The summed E-state index contributed by atoms with van der Waals surface area (Å²) in [5.74, 6) is 0.625. The third-order valence-corrected chi connectivity index (χ3v) is 2.79. The molecule has 5 heteroatoms. The zero-order chi connectivity index (χ0) is 10.5. The largest absolute Gasteiger partial charge is 0.375 e. The van der Waals surface area contributed by atoms with Crippen LogP contribution in [-0.2, 0) is 11.3 Å². The molecule has 1 atom stereocenters. The molecule has 1 aliphatic heterocycles. The summed E-state index contributed by atoms with van der Waals surface area (Å²) in [4.78, 5) is 8.05. The maximum absolute atomic E-state index is 5.85. The second-order valence-corrected chi connectivity index (χ2v) is 4.03. The van der Waals surface area contributed by atoms with Gasteiger partial charge in [0.05, 0.1) is 13.2 Å². The van der Waals surface area contributed by atoms with Crippen LogP contribution in [0, 0.1) is 5.92 Å². The number of nitrogens with one attached hydrogen (secondary N) is 1. The number of hydrogen-bond donors (Lipinski definition) is 1. The van der Waals surface area contributed by atoms with Crippen LogP contribution < -0.4 is 5.32 Å². The lowest BCUT2D eigenvalue weighted by Gasteiger charge is -2.09. The van der Waals surface area contributed by atoms with E-state index in [0.717, 1.165) is 19.7 Å². The van der Waals surface area contributed by atoms with Crippen molar-refractivity contribution in [3.8, 4) is 0 Å². The van der Waals surface area contributed by atoms with Crippen LogP contribution in [-0.4, -0.2) is 29.7 Å². The summed E-state index contributed by atoms with van der Waals surface area (Å²) < 4.78 is 5.56. The van der Waals surface area contributed by atoms with E-state index < -0.39 is 0 Å². The molecule has 15 heavy (non-hydrogen) atoms. The highest BCUT2D eigenvalue weighted by atomic mass is 35.5. The fourth-order valence-electron chi connectivity index (χ4n) is 1.63. The van der Waals surface area contributed by atoms with Crippen molar-refractivity contribution in [3.05, 3.63) is 23.2 Å². The van der Waals surface area contributed by atoms with Crippen molar-refractivity contribution in [2.24, 2.45) is 5.92 Å². The first kappa shape index (κ1) is 10.8. The van der Waals surface area contributed by atoms with Gasteiger partial charge in [-0.1, -0.05) is 11.6 Å². The van der Waals surface area contributed by atoms with E-state index in [2.05, 4.69) is 15.3 Å². The highest BCUT2D eigenvalue weighted by Crippen LogP contribution is 2.12. The van der Waals surface area contributed by atoms with Gasteiger partial charge in [-0.3, -0.25) is 4.98 Å². The SMILES string of the molecule is Clc1nccnc1COC[C@H]1CCNC1. The van der Waals surface area contributed by atoms with E-state index in [0.29, 0.717) is 23.4 Å². The maximum atomic E-state index is 5.85. The van der Waals surface area contributed by atoms with Crippen LogP contribution in [0.25, 0.3) is 0 Å². The highest BCUT2D eigenvalue weighted by Gasteiger charge is 2.14. The Bertz CT molecular complexity index is 315. The van der Waals surface area contributed by atoms with Gasteiger partial charge in [-0.05, 0) is 18.9 Å². The molecule has 0 saturated carbocycles. The molecule has 0 spiro atoms. The van der Waals surface area contributed by atoms with Crippen LogP contribution in [0.2, 0.25) is 5.15 Å². The minimum Gasteiger partial charge on any atom is -0.375 e. The van der Waals surface area contributed by atoms with Gasteiger partial charge in [0.2, 0.25) is 0 Å². The number of rotatable bonds is 4. The van der Waals surface area contributed by atoms with Crippen molar-refractivity contribution in [3.63, 3.8) is 0 Å². The third kappa shape index (κ3) is 3.12. The van der Waals surface area contributed by atoms with Crippen LogP contribution in [0.4, 0.5) is 0 Å². The molecule has 0 radical (unpaired) electrons. The molecule has 1 fully saturated rings. The molecule has 0 aliphatic carbocycles. The lowest BCUT2D eigenvalue weighted by molar-refractivity contribution is 0.0901. The number of halogens is 1. The number of hydrogen-bond acceptors (Lipinski definition) is 4. The van der Waals surface area contributed by atoms with Crippen molar-refractivity contribution in [1.82, 2.24) is 15.3 Å². The van der Waals surface area contributed by atoms with Crippen LogP contribution in [0.1, 0.15) is 12.1 Å². The lowest BCUT2D eigenvalue weighted by Crippen LogP contribution is -2.14. The Hall–Kier alpha value is -0.710. The summed E-state index contributed by atoms with van der Waals surface area (Å²) in [5.41, 5.74) is 0.713. The summed E-state index contributed by atoms with van der Waals surface area (Å²) in [6.07, 6.45) is 4.39. The molecule has 2 heterocycles. The topological polar surface area (TPSA) is 47.0 Å². The smallest absolute Gasteiger partial charge is 0.152 e. The molecular weight excluding hydrogens is 214 g/mol. The van der Waals surface area contributed by atoms with Gasteiger partial charge in [0.15, 0.2) is 5.15 Å². The Labute approximate surface area is 94.0 Å². The van der Waals surface area contributed by atoms with Gasteiger partial charge in [0.1, 0.15) is 5.69 Å². The first-order chi connectivity index (χ1) is 7.36. The van der Waals surface area contributed by atoms with Crippen molar-refractivity contribution >= 4 is 11.6 Å². The third-order valence-electron chi connectivity index (χ3n) is 2.48. The fraction of sp³-hybridized carbons (Fsp3) is 0.600. The van der Waals surface area contributed by atoms with E-state index >= 15 is 0 Å². The van der Waals surface area contributed by atoms with Crippen molar-refractivity contribution in [2.75, 3.05) is 19.7 Å². The molecular formula is C10H14ClN3O. The van der Waals surface area contributed by atoms with E-state index in [1.54, 1.807) is 12.4 Å². The van der Waals surface area contributed by atoms with Crippen LogP contribution in [0.3, 0.4) is 0 Å². The average Bonchev–Trinajstić information content (AvgIpc) is 2.74. The molecule has 0 aromatic carbocycles. The summed E-state index contributed by atoms with van der Waals surface area (Å²) >= 11 is 5.85. The quantitative estimate of drug-likeness (QED) is 0.841. The number of nitrogens with zero attached hydrogens (tertiary/aromatic N) is 2. The van der Waals surface area contributed by atoms with Gasteiger partial charge in [0, 0.05) is 18.9 Å². The van der Waals surface area contributed by atoms with Crippen LogP contribution in [0.15, 0.2) is 12.4 Å². The van der Waals surface area contributed by atoms with Gasteiger partial charge < -0.3 is 10.1 Å². The van der Waals surface area contributed by atoms with E-state index in [4.69, 9.17) is 16.3 Å². The van der Waals surface area contributed by atoms with Gasteiger partial charge in [-0.15, -0.1) is 0 Å². The summed E-state index contributed by atoms with van der Waals surface area (Å²) in [6, 6.07) is 0. The Morgan fingerprint density at radius 3 is 3.07 bits per heavy atom. The van der Waals surface area contributed by atoms with E-state index in [9.17, 15) is 0 Å². The average molecular weight is 228 g/mol. The number of ether oxygens (including phenoxy) is 1. The number of aromatic nitrogens is 2. The van der Waals surface area contributed by atoms with Crippen molar-refractivity contribution in [1.29, 1.82) is 0 Å². The van der Waals surface area contributed by atoms with Gasteiger partial charge in [0.25, 0.3) is 0 Å². The minimum atomic E-state index is 0.432. The molecule has 0 unspecified atom stereocenters. The maximum Gasteiger partial charge on any atom is 0.152 e. The van der Waals surface area contributed by atoms with Crippen LogP contribution >= 0.6 is 11.6 Å². The lowest BCUT2D eigenvalue weighted by atomic mass is 10.1. The second kappa shape index (κ2) is 5.39. The normalized spacial score (nSPS) is 20.7. The first-order valence-electron chi connectivity index (χ1n) is 5.10. The predicted molar refractivity (Wildman–Crippen MR) is 57.7 cm³/mol. The second-order valence-electron chi connectivity index (χ2n) is 3.67. The summed E-state index contributed by atoms with van der Waals surface area (Å²) in [6.45, 7) is 3.36. The fourth-order valence-corrected chi connectivity index (χ4v) is 1.79. The molecule has 0 bridgehead atoms. The monoisotopic (exact) mass is 227 g/mol. The molecule has 0 amide bonds. The Balaban J connectivity index is 1.75. The zero-order valence-corrected chi connectivity index (χ0v) is 9.20. The summed E-state index contributed by atoms with van der Waals surface area (Å²) in [5, 5.41) is 3.73. The van der Waals surface area contributed by atoms with Crippen LogP contribution in [0.5, 0.6) is 0 Å². The van der Waals surface area contributed by atoms with Gasteiger partial charge >= 0.3 is 0 Å². The Morgan fingerprint density at radius 1 is 1.47 bits per heavy atom. The first-order valence-corrected chi connectivity index (χ1v) is 5.48.